The van der Waals surface area contributed by atoms with Gasteiger partial charge in [0.25, 0.3) is 0 Å². The third-order valence-corrected chi connectivity index (χ3v) is 7.44. The Kier molecular flexibility index (Phi) is 9.98. The zero-order chi connectivity index (χ0) is 19.6. The molecule has 3 nitrogen and oxygen atoms in total. The van der Waals surface area contributed by atoms with Gasteiger partial charge in [-0.25, -0.2) is 4.57 Å². The molecule has 0 amide bonds. The number of fused-ring (bicyclic) bond motifs is 1. The molecule has 0 N–H and O–H groups in total. The van der Waals surface area contributed by atoms with Crippen LogP contribution in [0.1, 0.15) is 78.1 Å². The molecule has 0 saturated heterocycles. The van der Waals surface area contributed by atoms with Gasteiger partial charge >= 0.3 is 20.1 Å². The fraction of sp³-hybridized carbons (Fsp3) is 0.824. The second kappa shape index (κ2) is 11.2. The summed E-state index contributed by atoms with van der Waals surface area (Å²) in [6, 6.07) is 0. The monoisotopic (exact) mass is 398 g/mol. The van der Waals surface area contributed by atoms with Gasteiger partial charge in [0, 0.05) is 6.16 Å². The Bertz CT molecular complexity index is 572. The van der Waals surface area contributed by atoms with E-state index in [1.807, 2.05) is 17.5 Å². The van der Waals surface area contributed by atoms with Gasteiger partial charge < -0.3 is 17.3 Å². The lowest BCUT2D eigenvalue weighted by Gasteiger charge is -2.01. The van der Waals surface area contributed by atoms with Crippen molar-refractivity contribution in [2.75, 3.05) is 6.16 Å². The van der Waals surface area contributed by atoms with Crippen LogP contribution in [0.15, 0.2) is 12.4 Å². The second-order valence-electron chi connectivity index (χ2n) is 6.83. The van der Waals surface area contributed by atoms with E-state index in [4.69, 9.17) is 0 Å². The number of aryl methyl sites for hydroxylation is 1. The number of rotatable bonds is 12. The molecule has 0 aromatic carbocycles. The number of halogens is 4. The van der Waals surface area contributed by atoms with Gasteiger partial charge in [-0.1, -0.05) is 65.2 Å². The van der Waals surface area contributed by atoms with Crippen molar-refractivity contribution in [2.24, 2.45) is 0 Å². The summed E-state index contributed by atoms with van der Waals surface area (Å²) in [5.41, 5.74) is 1.10. The smallest absolute Gasteiger partial charge is 0.418 e. The highest BCUT2D eigenvalue weighted by atomic mass is 31.2. The third kappa shape index (κ3) is 8.28. The van der Waals surface area contributed by atoms with Crippen LogP contribution in [0, 0.1) is 0 Å². The molecule has 0 aliphatic carbocycles. The number of nitrogens with zero attached hydrogens (tertiary/aromatic N) is 2. The molecule has 2 heterocycles. The molecule has 0 bridgehead atoms. The fourth-order valence-electron chi connectivity index (χ4n) is 3.19. The molecule has 1 aliphatic rings. The Labute approximate surface area is 154 Å². The summed E-state index contributed by atoms with van der Waals surface area (Å²) in [7, 11) is -8.06. The number of imidazole rings is 1. The van der Waals surface area contributed by atoms with Crippen LogP contribution in [0.25, 0.3) is 0 Å². The molecule has 152 valence electrons. The molecule has 9 heteroatoms. The summed E-state index contributed by atoms with van der Waals surface area (Å²) in [5, 5.41) is 0. The molecule has 2 rings (SSSR count). The first-order chi connectivity index (χ1) is 12.2. The number of unbranched alkanes of at least 4 members (excludes halogenated alkanes) is 9. The average Bonchev–Trinajstić information content (AvgIpc) is 2.91. The summed E-state index contributed by atoms with van der Waals surface area (Å²) in [6.45, 7) is 5.34. The van der Waals surface area contributed by atoms with Gasteiger partial charge in [-0.15, -0.1) is 0 Å². The van der Waals surface area contributed by atoms with E-state index >= 15 is 0 Å². The molecule has 1 aromatic rings. The zero-order valence-corrected chi connectivity index (χ0v) is 16.9. The molecule has 1 atom stereocenters. The molecular formula is C17H32BF4N2OP. The predicted molar refractivity (Wildman–Crippen MR) is 99.8 cm³/mol. The van der Waals surface area contributed by atoms with Crippen molar-refractivity contribution in [3.8, 4) is 0 Å². The number of hydrogen-bond acceptors (Lipinski definition) is 1. The van der Waals surface area contributed by atoms with Gasteiger partial charge in [-0.05, 0) is 12.8 Å². The van der Waals surface area contributed by atoms with Crippen LogP contribution < -0.4 is 10.1 Å². The van der Waals surface area contributed by atoms with Crippen molar-refractivity contribution >= 4 is 20.1 Å². The van der Waals surface area contributed by atoms with E-state index in [1.165, 1.54) is 64.2 Å². The standard InChI is InChI=1S/C17H32N2OP.BF4/c1-3-5-6-7-8-9-10-11-12-13-14-18-15-16-19-17(18)21(19,20)4-2;2-1(3,4)5/h15-16H,3-14H2,1-2H3;/q+1;-1. The Balaban J connectivity index is 0.000000597. The Hall–Kier alpha value is -0.775. The average molecular weight is 398 g/mol. The van der Waals surface area contributed by atoms with Crippen molar-refractivity contribution in [3.05, 3.63) is 12.4 Å². The van der Waals surface area contributed by atoms with Gasteiger partial charge in [0.15, 0.2) is 0 Å². The SMILES string of the molecule is CCCCCCCCCCCC[n+]1ccn2c1P2(=O)CC.F[B-](F)(F)F. The van der Waals surface area contributed by atoms with Crippen molar-refractivity contribution in [1.29, 1.82) is 0 Å². The maximum atomic E-state index is 12.3. The zero-order valence-electron chi connectivity index (χ0n) is 16.0. The minimum Gasteiger partial charge on any atom is -0.418 e. The summed E-state index contributed by atoms with van der Waals surface area (Å²) in [6.07, 6.45) is 18.6. The highest BCUT2D eigenvalue weighted by molar-refractivity contribution is 7.76. The van der Waals surface area contributed by atoms with Gasteiger partial charge in [-0.2, -0.15) is 4.34 Å². The maximum Gasteiger partial charge on any atom is 0.673 e. The Morgan fingerprint density at radius 3 is 1.81 bits per heavy atom. The minimum absolute atomic E-state index is 0.779. The molecule has 0 saturated carbocycles. The Morgan fingerprint density at radius 2 is 1.38 bits per heavy atom. The van der Waals surface area contributed by atoms with E-state index in [2.05, 4.69) is 17.7 Å². The first-order valence-corrected chi connectivity index (χ1v) is 11.7. The van der Waals surface area contributed by atoms with Gasteiger partial charge in [0.1, 0.15) is 12.4 Å². The molecular weight excluding hydrogens is 366 g/mol. The van der Waals surface area contributed by atoms with E-state index in [0.29, 0.717) is 0 Å². The van der Waals surface area contributed by atoms with Gasteiger partial charge in [-0.3, -0.25) is 4.57 Å². The molecule has 0 spiro atoms. The first kappa shape index (κ1) is 23.3. The lowest BCUT2D eigenvalue weighted by molar-refractivity contribution is -0.677. The summed E-state index contributed by atoms with van der Waals surface area (Å²) in [4.78, 5) is 0. The van der Waals surface area contributed by atoms with E-state index in [1.54, 1.807) is 0 Å². The maximum absolute atomic E-state index is 12.3. The summed E-state index contributed by atoms with van der Waals surface area (Å²) >= 11 is 0. The highest BCUT2D eigenvalue weighted by Crippen LogP contribution is 2.56. The van der Waals surface area contributed by atoms with E-state index in [-0.39, 0.29) is 0 Å². The molecule has 0 fully saturated rings. The molecule has 0 radical (unpaired) electrons. The predicted octanol–water partition coefficient (Wildman–Crippen LogP) is 5.78. The molecule has 1 unspecified atom stereocenters. The largest absolute Gasteiger partial charge is 0.673 e. The second-order valence-corrected chi connectivity index (χ2v) is 9.70. The lowest BCUT2D eigenvalue weighted by Crippen LogP contribution is -2.41. The van der Waals surface area contributed by atoms with Crippen molar-refractivity contribution in [2.45, 2.75) is 84.6 Å². The quantitative estimate of drug-likeness (QED) is 0.144. The minimum atomic E-state index is -6.00. The van der Waals surface area contributed by atoms with E-state index in [9.17, 15) is 21.8 Å². The van der Waals surface area contributed by atoms with Crippen LogP contribution in [-0.4, -0.2) is 17.8 Å². The van der Waals surface area contributed by atoms with Crippen molar-refractivity contribution in [1.82, 2.24) is 4.34 Å². The number of aromatic nitrogens is 2. The first-order valence-electron chi connectivity index (χ1n) is 9.82. The summed E-state index contributed by atoms with van der Waals surface area (Å²) in [5.74, 6) is 0. The third-order valence-electron chi connectivity index (χ3n) is 4.65. The van der Waals surface area contributed by atoms with Gasteiger partial charge in [0.05, 0.1) is 6.54 Å². The van der Waals surface area contributed by atoms with Crippen LogP contribution in [0.3, 0.4) is 0 Å². The molecule has 26 heavy (non-hydrogen) atoms. The topological polar surface area (TPSA) is 25.9 Å². The van der Waals surface area contributed by atoms with Crippen LogP contribution in [0.4, 0.5) is 17.3 Å². The normalized spacial score (nSPS) is 18.2. The molecule has 1 aliphatic heterocycles. The number of hydrogen-bond donors (Lipinski definition) is 0. The van der Waals surface area contributed by atoms with E-state index in [0.717, 1.165) is 18.3 Å². The van der Waals surface area contributed by atoms with Gasteiger partial charge in [0.2, 0.25) is 0 Å². The summed E-state index contributed by atoms with van der Waals surface area (Å²) < 4.78 is 55.5. The van der Waals surface area contributed by atoms with Crippen molar-refractivity contribution in [3.63, 3.8) is 0 Å². The molecule has 1 aromatic heterocycles. The van der Waals surface area contributed by atoms with Crippen LogP contribution >= 0.6 is 7.29 Å². The van der Waals surface area contributed by atoms with Crippen LogP contribution in [-0.2, 0) is 11.1 Å². The lowest BCUT2D eigenvalue weighted by atomic mass is 10.1. The van der Waals surface area contributed by atoms with Crippen LogP contribution in [0.5, 0.6) is 0 Å². The van der Waals surface area contributed by atoms with Crippen LogP contribution in [0.2, 0.25) is 0 Å². The van der Waals surface area contributed by atoms with E-state index < -0.39 is 14.5 Å². The fourth-order valence-corrected chi connectivity index (χ4v) is 5.58. The highest BCUT2D eigenvalue weighted by Gasteiger charge is 2.58. The van der Waals surface area contributed by atoms with Crippen molar-refractivity contribution < 1.29 is 26.4 Å². The Morgan fingerprint density at radius 1 is 0.923 bits per heavy atom.